The van der Waals surface area contributed by atoms with Crippen LogP contribution in [-0.4, -0.2) is 64.8 Å². The number of amides is 1. The number of rotatable bonds is 9. The molecule has 1 atom stereocenters. The van der Waals surface area contributed by atoms with Crippen LogP contribution < -0.4 is 13.8 Å². The number of carbonyl (C=O) groups is 1. The maximum Gasteiger partial charge on any atom is 0.416 e. The van der Waals surface area contributed by atoms with Crippen LogP contribution in [0.4, 0.5) is 32.0 Å². The first-order valence-corrected chi connectivity index (χ1v) is 15.3. The van der Waals surface area contributed by atoms with Gasteiger partial charge in [0, 0.05) is 24.6 Å². The highest BCUT2D eigenvalue weighted by atomic mass is 32.2. The van der Waals surface area contributed by atoms with Gasteiger partial charge in [0.2, 0.25) is 6.41 Å². The quantitative estimate of drug-likeness (QED) is 0.217. The third-order valence-corrected chi connectivity index (χ3v) is 9.91. The number of fused-ring (bicyclic) bond motifs is 1. The number of sulfonamides is 1. The number of nitrogens with zero attached hydrogens (tertiary/aromatic N) is 2. The van der Waals surface area contributed by atoms with Crippen LogP contribution in [0.3, 0.4) is 0 Å². The van der Waals surface area contributed by atoms with E-state index in [1.54, 1.807) is 4.90 Å². The summed E-state index contributed by atoms with van der Waals surface area (Å²) in [7, 11) is -4.61. The van der Waals surface area contributed by atoms with Crippen molar-refractivity contribution in [3.05, 3.63) is 72.0 Å². The monoisotopic (exact) mass is 656 g/mol. The molecule has 3 aromatic carbocycles. The molecule has 1 saturated heterocycles. The first-order valence-electron chi connectivity index (χ1n) is 13.8. The lowest BCUT2D eigenvalue weighted by molar-refractivity contribution is -0.165. The summed E-state index contributed by atoms with van der Waals surface area (Å²) >= 11 is 0. The van der Waals surface area contributed by atoms with Crippen molar-refractivity contribution in [1.29, 1.82) is 0 Å². The summed E-state index contributed by atoms with van der Waals surface area (Å²) in [6.45, 7) is -2.26. The lowest BCUT2D eigenvalue weighted by Gasteiger charge is -2.57. The van der Waals surface area contributed by atoms with E-state index in [0.717, 1.165) is 60.0 Å². The Kier molecular flexibility index (Phi) is 7.88. The van der Waals surface area contributed by atoms with Crippen molar-refractivity contribution in [2.45, 2.75) is 42.7 Å². The van der Waals surface area contributed by atoms with Gasteiger partial charge in [0.15, 0.2) is 0 Å². The summed E-state index contributed by atoms with van der Waals surface area (Å²) in [5, 5.41) is 0. The van der Waals surface area contributed by atoms with Gasteiger partial charge in [-0.15, -0.1) is 0 Å². The van der Waals surface area contributed by atoms with Crippen molar-refractivity contribution in [3.63, 3.8) is 0 Å². The standard InChI is InChI=1S/C30H26F6N2O6S/c31-21-6-19(7-22(10-21)44-28(32)33)18-4-5-27-26(8-18)38(45(40,41)25-3-1-2-20(9-25)30(34,35)36)13-24(43-27)14-42-23-11-29(12-23)15-37(16-29)17-39/h1-10,17,23-24,28H,11-16H2. The van der Waals surface area contributed by atoms with Crippen LogP contribution in [0.25, 0.3) is 11.1 Å². The molecule has 1 spiro atoms. The molecule has 1 unspecified atom stereocenters. The number of carbonyl (C=O) groups excluding carboxylic acids is 1. The van der Waals surface area contributed by atoms with E-state index >= 15 is 0 Å². The SMILES string of the molecule is O=CN1CC2(CC(OCC3CN(S(=O)(=O)c4cccc(C(F)(F)F)c4)c4cc(-c5cc(F)cc(OC(F)F)c5)ccc4O3)C2)C1. The number of anilines is 1. The molecule has 6 rings (SSSR count). The van der Waals surface area contributed by atoms with Gasteiger partial charge < -0.3 is 19.1 Å². The number of likely N-dealkylation sites (tertiary alicyclic amines) is 1. The fourth-order valence-corrected chi connectivity index (χ4v) is 7.63. The van der Waals surface area contributed by atoms with Gasteiger partial charge in [-0.2, -0.15) is 22.0 Å². The minimum absolute atomic E-state index is 0.0217. The summed E-state index contributed by atoms with van der Waals surface area (Å²) in [6, 6.07) is 10.5. The normalized spacial score (nSPS) is 19.5. The first-order chi connectivity index (χ1) is 21.2. The maximum atomic E-state index is 14.3. The van der Waals surface area contributed by atoms with Crippen LogP contribution in [0.1, 0.15) is 18.4 Å². The molecule has 0 aromatic heterocycles. The number of benzene rings is 3. The van der Waals surface area contributed by atoms with Gasteiger partial charge in [0.25, 0.3) is 10.0 Å². The summed E-state index contributed by atoms with van der Waals surface area (Å²) in [5.41, 5.74) is -0.886. The lowest BCUT2D eigenvalue weighted by Crippen LogP contribution is -2.63. The first kappa shape index (κ1) is 31.0. The van der Waals surface area contributed by atoms with Crippen molar-refractivity contribution in [3.8, 4) is 22.6 Å². The van der Waals surface area contributed by atoms with Gasteiger partial charge in [-0.3, -0.25) is 9.10 Å². The predicted molar refractivity (Wildman–Crippen MR) is 148 cm³/mol. The Morgan fingerprint density at radius 1 is 1.02 bits per heavy atom. The topological polar surface area (TPSA) is 85.4 Å². The van der Waals surface area contributed by atoms with Gasteiger partial charge in [-0.25, -0.2) is 12.8 Å². The highest BCUT2D eigenvalue weighted by Crippen LogP contribution is 2.49. The van der Waals surface area contributed by atoms with E-state index < -0.39 is 50.9 Å². The van der Waals surface area contributed by atoms with Crippen LogP contribution >= 0.6 is 0 Å². The molecule has 8 nitrogen and oxygen atoms in total. The second-order valence-electron chi connectivity index (χ2n) is 11.4. The second kappa shape index (κ2) is 11.4. The summed E-state index contributed by atoms with van der Waals surface area (Å²) in [6.07, 6.45) is -3.52. The largest absolute Gasteiger partial charge is 0.484 e. The lowest BCUT2D eigenvalue weighted by atomic mass is 9.62. The average Bonchev–Trinajstić information content (AvgIpc) is 2.94. The van der Waals surface area contributed by atoms with E-state index in [-0.39, 0.29) is 47.2 Å². The van der Waals surface area contributed by atoms with Crippen molar-refractivity contribution >= 4 is 22.1 Å². The molecule has 1 saturated carbocycles. The molecule has 1 aliphatic carbocycles. The number of alkyl halides is 5. The fourth-order valence-electron chi connectivity index (χ4n) is 6.08. The third-order valence-electron chi connectivity index (χ3n) is 8.14. The van der Waals surface area contributed by atoms with E-state index in [1.165, 1.54) is 18.2 Å². The third kappa shape index (κ3) is 6.27. The van der Waals surface area contributed by atoms with Gasteiger partial charge in [0.1, 0.15) is 23.4 Å². The van der Waals surface area contributed by atoms with Crippen LogP contribution in [-0.2, 0) is 25.7 Å². The summed E-state index contributed by atoms with van der Waals surface area (Å²) in [4.78, 5) is 12.0. The summed E-state index contributed by atoms with van der Waals surface area (Å²) < 4.78 is 125. The van der Waals surface area contributed by atoms with Crippen molar-refractivity contribution in [1.82, 2.24) is 4.90 Å². The molecule has 0 bridgehead atoms. The average molecular weight is 657 g/mol. The van der Waals surface area contributed by atoms with Crippen molar-refractivity contribution in [2.75, 3.05) is 30.5 Å². The molecule has 0 N–H and O–H groups in total. The number of ether oxygens (including phenoxy) is 3. The van der Waals surface area contributed by atoms with Crippen LogP contribution in [0, 0.1) is 11.2 Å². The molecule has 45 heavy (non-hydrogen) atoms. The summed E-state index contributed by atoms with van der Waals surface area (Å²) in [5.74, 6) is -1.28. The molecule has 2 fully saturated rings. The van der Waals surface area contributed by atoms with Crippen molar-refractivity contribution < 1.29 is 53.8 Å². The van der Waals surface area contributed by atoms with Gasteiger partial charge in [-0.1, -0.05) is 12.1 Å². The maximum absolute atomic E-state index is 14.3. The van der Waals surface area contributed by atoms with Gasteiger partial charge in [-0.05, 0) is 66.4 Å². The second-order valence-corrected chi connectivity index (χ2v) is 13.3. The van der Waals surface area contributed by atoms with E-state index in [0.29, 0.717) is 19.2 Å². The number of halogens is 6. The Bertz CT molecular complexity index is 1710. The Balaban J connectivity index is 1.30. The minimum Gasteiger partial charge on any atom is -0.484 e. The van der Waals surface area contributed by atoms with E-state index in [1.807, 2.05) is 0 Å². The Hall–Kier alpha value is -3.98. The predicted octanol–water partition coefficient (Wildman–Crippen LogP) is 5.71. The molecule has 3 aromatic rings. The Morgan fingerprint density at radius 3 is 2.47 bits per heavy atom. The number of hydrogen-bond donors (Lipinski definition) is 0. The molecule has 2 aliphatic heterocycles. The van der Waals surface area contributed by atoms with E-state index in [9.17, 15) is 39.6 Å². The van der Waals surface area contributed by atoms with E-state index in [4.69, 9.17) is 9.47 Å². The molecule has 240 valence electrons. The molecule has 0 radical (unpaired) electrons. The fraction of sp³-hybridized carbons (Fsp3) is 0.367. The Morgan fingerprint density at radius 2 is 1.78 bits per heavy atom. The zero-order chi connectivity index (χ0) is 32.1. The van der Waals surface area contributed by atoms with Gasteiger partial charge >= 0.3 is 12.8 Å². The van der Waals surface area contributed by atoms with Crippen LogP contribution in [0.2, 0.25) is 0 Å². The molecular formula is C30H26F6N2O6S. The molecule has 3 aliphatic rings. The minimum atomic E-state index is -4.79. The Labute approximate surface area is 254 Å². The molecular weight excluding hydrogens is 630 g/mol. The highest BCUT2D eigenvalue weighted by molar-refractivity contribution is 7.92. The van der Waals surface area contributed by atoms with Crippen LogP contribution in [0.5, 0.6) is 11.5 Å². The highest BCUT2D eigenvalue weighted by Gasteiger charge is 2.53. The molecule has 2 heterocycles. The molecule has 15 heteroatoms. The smallest absolute Gasteiger partial charge is 0.416 e. The van der Waals surface area contributed by atoms with E-state index in [2.05, 4.69) is 4.74 Å². The number of hydrogen-bond acceptors (Lipinski definition) is 6. The zero-order valence-corrected chi connectivity index (χ0v) is 24.2. The van der Waals surface area contributed by atoms with Gasteiger partial charge in [0.05, 0.1) is 35.4 Å². The van der Waals surface area contributed by atoms with Crippen molar-refractivity contribution in [2.24, 2.45) is 5.41 Å². The van der Waals surface area contributed by atoms with Crippen LogP contribution in [0.15, 0.2) is 65.6 Å². The molecule has 1 amide bonds. The zero-order valence-electron chi connectivity index (χ0n) is 23.3.